The Morgan fingerprint density at radius 3 is 1.92 bits per heavy atom. The molecule has 0 aliphatic heterocycles. The highest BCUT2D eigenvalue weighted by Gasteiger charge is 2.10. The van der Waals surface area contributed by atoms with Crippen molar-refractivity contribution in [2.75, 3.05) is 0 Å². The summed E-state index contributed by atoms with van der Waals surface area (Å²) >= 11 is 0. The molecule has 1 aromatic heterocycles. The summed E-state index contributed by atoms with van der Waals surface area (Å²) in [4.78, 5) is 5.00. The Labute approximate surface area is 226 Å². The Bertz CT molecular complexity index is 1670. The van der Waals surface area contributed by atoms with Gasteiger partial charge in [-0.1, -0.05) is 97.8 Å². The Morgan fingerprint density at radius 1 is 0.684 bits per heavy atom. The Kier molecular flexibility index (Phi) is 7.42. The zero-order valence-corrected chi connectivity index (χ0v) is 23.0. The second kappa shape index (κ2) is 11.1. The van der Waals surface area contributed by atoms with Crippen LogP contribution in [-0.4, -0.2) is 5.71 Å². The van der Waals surface area contributed by atoms with Crippen LogP contribution in [0.25, 0.3) is 44.2 Å². The minimum absolute atomic E-state index is 0.925. The molecule has 0 aliphatic rings. The van der Waals surface area contributed by atoms with Gasteiger partial charge in [0.25, 0.3) is 0 Å². The first-order valence-electron chi connectivity index (χ1n) is 13.5. The van der Waals surface area contributed by atoms with E-state index in [-0.39, 0.29) is 0 Å². The molecule has 0 atom stereocenters. The molecule has 0 unspecified atom stereocenters. The number of fused-ring (bicyclic) bond motifs is 3. The monoisotopic (exact) mass is 497 g/mol. The van der Waals surface area contributed by atoms with E-state index >= 15 is 0 Å². The summed E-state index contributed by atoms with van der Waals surface area (Å²) in [7, 11) is 0. The van der Waals surface area contributed by atoms with Gasteiger partial charge in [-0.2, -0.15) is 0 Å². The number of para-hydroxylation sites is 1. The number of aliphatic imine (C=N–C) groups is 1. The molecule has 1 heterocycles. The zero-order valence-electron chi connectivity index (χ0n) is 23.0. The van der Waals surface area contributed by atoms with Gasteiger partial charge in [0.05, 0.1) is 5.71 Å². The fraction of sp³-hybridized carbons (Fsp3) is 0.194. The van der Waals surface area contributed by atoms with Crippen LogP contribution in [0, 0.1) is 0 Å². The van der Waals surface area contributed by atoms with Gasteiger partial charge in [-0.15, -0.1) is 0 Å². The Balaban J connectivity index is 1.42. The molecule has 0 aliphatic carbocycles. The lowest BCUT2D eigenvalue weighted by Gasteiger charge is -2.12. The number of furan rings is 1. The van der Waals surface area contributed by atoms with E-state index in [0.717, 1.165) is 51.8 Å². The van der Waals surface area contributed by atoms with Gasteiger partial charge in [-0.3, -0.25) is 4.99 Å². The van der Waals surface area contributed by atoms with Crippen molar-refractivity contribution in [2.24, 2.45) is 4.99 Å². The van der Waals surface area contributed by atoms with E-state index in [0.29, 0.717) is 0 Å². The maximum absolute atomic E-state index is 6.00. The van der Waals surface area contributed by atoms with Gasteiger partial charge in [-0.05, 0) is 80.1 Å². The molecule has 0 fully saturated rings. The first-order valence-corrected chi connectivity index (χ1v) is 13.5. The third-order valence-corrected chi connectivity index (χ3v) is 7.21. The van der Waals surface area contributed by atoms with Gasteiger partial charge < -0.3 is 4.42 Å². The van der Waals surface area contributed by atoms with Crippen LogP contribution in [0.5, 0.6) is 0 Å². The lowest BCUT2D eigenvalue weighted by atomic mass is 9.96. The van der Waals surface area contributed by atoms with Crippen LogP contribution in [0.1, 0.15) is 53.0 Å². The summed E-state index contributed by atoms with van der Waals surface area (Å²) in [6, 6.07) is 32.3. The minimum atomic E-state index is 0.925. The highest BCUT2D eigenvalue weighted by Crippen LogP contribution is 2.33. The average Bonchev–Trinajstić information content (AvgIpc) is 3.32. The Hall–Kier alpha value is -4.17. The summed E-state index contributed by atoms with van der Waals surface area (Å²) in [5.41, 5.74) is 12.4. The van der Waals surface area contributed by atoms with Crippen LogP contribution in [0.4, 0.5) is 0 Å². The molecule has 0 bridgehead atoms. The molecule has 38 heavy (non-hydrogen) atoms. The van der Waals surface area contributed by atoms with Crippen molar-refractivity contribution in [3.63, 3.8) is 0 Å². The average molecular weight is 498 g/mol. The molecule has 5 aromatic rings. The molecule has 4 aromatic carbocycles. The van der Waals surface area contributed by atoms with Crippen molar-refractivity contribution < 1.29 is 4.42 Å². The van der Waals surface area contributed by atoms with Crippen molar-refractivity contribution >= 4 is 27.7 Å². The zero-order chi connectivity index (χ0) is 26.6. The third-order valence-electron chi connectivity index (χ3n) is 7.21. The summed E-state index contributed by atoms with van der Waals surface area (Å²) in [5.74, 6) is 0. The predicted octanol–water partition coefficient (Wildman–Crippen LogP) is 10.8. The summed E-state index contributed by atoms with van der Waals surface area (Å²) in [6.45, 7) is 10.8. The lowest BCUT2D eigenvalue weighted by molar-refractivity contribution is 0.669. The van der Waals surface area contributed by atoms with E-state index in [4.69, 9.17) is 9.41 Å². The van der Waals surface area contributed by atoms with E-state index in [2.05, 4.69) is 120 Å². The molecule has 2 nitrogen and oxygen atoms in total. The molecule has 0 N–H and O–H groups in total. The smallest absolute Gasteiger partial charge is 0.135 e. The van der Waals surface area contributed by atoms with E-state index in [1.54, 1.807) is 0 Å². The van der Waals surface area contributed by atoms with Gasteiger partial charge in [0.2, 0.25) is 0 Å². The first-order chi connectivity index (χ1) is 18.4. The van der Waals surface area contributed by atoms with Crippen LogP contribution in [0.15, 0.2) is 123 Å². The van der Waals surface area contributed by atoms with Crippen molar-refractivity contribution in [3.05, 3.63) is 119 Å². The number of rotatable bonds is 7. The number of benzene rings is 4. The summed E-state index contributed by atoms with van der Waals surface area (Å²) in [6.07, 6.45) is 4.41. The second-order valence-corrected chi connectivity index (χ2v) is 10.2. The largest absolute Gasteiger partial charge is 0.456 e. The molecule has 190 valence electrons. The summed E-state index contributed by atoms with van der Waals surface area (Å²) in [5, 5.41) is 2.31. The van der Waals surface area contributed by atoms with Crippen LogP contribution in [-0.2, 0) is 0 Å². The topological polar surface area (TPSA) is 25.5 Å². The molecular weight excluding hydrogens is 462 g/mol. The number of nitrogens with zero attached hydrogens (tertiary/aromatic N) is 1. The van der Waals surface area contributed by atoms with Crippen molar-refractivity contribution in [2.45, 2.75) is 47.5 Å². The second-order valence-electron chi connectivity index (χ2n) is 10.2. The predicted molar refractivity (Wildman–Crippen MR) is 164 cm³/mol. The Morgan fingerprint density at radius 2 is 1.26 bits per heavy atom. The van der Waals surface area contributed by atoms with E-state index < -0.39 is 0 Å². The molecule has 2 heteroatoms. The van der Waals surface area contributed by atoms with Crippen molar-refractivity contribution in [3.8, 4) is 22.3 Å². The van der Waals surface area contributed by atoms with Crippen LogP contribution >= 0.6 is 0 Å². The molecule has 0 amide bonds. The van der Waals surface area contributed by atoms with Gasteiger partial charge in [0.15, 0.2) is 0 Å². The standard InChI is InChI=1S/C36H35NO/c1-6-7-10-25(4)37-36(26(5)24(2)3)30-19-17-28(18-20-30)27-13-15-29(16-14-27)31-21-22-35-33(23-31)32-11-8-9-12-34(32)38-35/h8-23H,6-7H2,1-5H3/b25-10+,37-36+. The maximum Gasteiger partial charge on any atom is 0.135 e. The molecular formula is C36H35NO. The number of hydrogen-bond acceptors (Lipinski definition) is 2. The highest BCUT2D eigenvalue weighted by molar-refractivity contribution is 6.13. The van der Waals surface area contributed by atoms with E-state index in [1.807, 2.05) is 12.1 Å². The van der Waals surface area contributed by atoms with Gasteiger partial charge in [0, 0.05) is 22.0 Å². The SMILES string of the molecule is CCC/C=C(C)/N=C(\C(C)=C(C)C)c1ccc(-c2ccc(-c3ccc4oc5ccccc5c4c3)cc2)cc1. The molecule has 0 saturated carbocycles. The van der Waals surface area contributed by atoms with E-state index in [1.165, 1.54) is 33.4 Å². The number of hydrogen-bond donors (Lipinski definition) is 0. The third kappa shape index (κ3) is 5.26. The molecule has 0 saturated heterocycles. The molecule has 5 rings (SSSR count). The van der Waals surface area contributed by atoms with Crippen LogP contribution in [0.2, 0.25) is 0 Å². The van der Waals surface area contributed by atoms with Crippen LogP contribution < -0.4 is 0 Å². The summed E-state index contributed by atoms with van der Waals surface area (Å²) < 4.78 is 6.00. The fourth-order valence-electron chi connectivity index (χ4n) is 4.76. The van der Waals surface area contributed by atoms with Gasteiger partial charge in [0.1, 0.15) is 11.2 Å². The normalized spacial score (nSPS) is 12.3. The molecule has 0 spiro atoms. The minimum Gasteiger partial charge on any atom is -0.456 e. The fourth-order valence-corrected chi connectivity index (χ4v) is 4.76. The van der Waals surface area contributed by atoms with E-state index in [9.17, 15) is 0 Å². The number of allylic oxidation sites excluding steroid dienone is 4. The van der Waals surface area contributed by atoms with Gasteiger partial charge >= 0.3 is 0 Å². The highest BCUT2D eigenvalue weighted by atomic mass is 16.3. The molecule has 0 radical (unpaired) electrons. The van der Waals surface area contributed by atoms with Crippen LogP contribution in [0.3, 0.4) is 0 Å². The van der Waals surface area contributed by atoms with Crippen molar-refractivity contribution in [1.82, 2.24) is 0 Å². The lowest BCUT2D eigenvalue weighted by Crippen LogP contribution is -2.05. The van der Waals surface area contributed by atoms with Crippen molar-refractivity contribution in [1.29, 1.82) is 0 Å². The maximum atomic E-state index is 6.00. The van der Waals surface area contributed by atoms with Gasteiger partial charge in [-0.25, -0.2) is 0 Å². The quantitative estimate of drug-likeness (QED) is 0.205. The number of unbranched alkanes of at least 4 members (excludes halogenated alkanes) is 1. The first kappa shape index (κ1) is 25.5.